The Morgan fingerprint density at radius 3 is 2.53 bits per heavy atom. The second kappa shape index (κ2) is 10.8. The summed E-state index contributed by atoms with van der Waals surface area (Å²) in [4.78, 5) is 11.4. The molecule has 0 saturated carbocycles. The zero-order valence-electron chi connectivity index (χ0n) is 10.8. The van der Waals surface area contributed by atoms with Crippen LogP contribution < -0.4 is 11.1 Å². The maximum absolute atomic E-state index is 11.4. The molecule has 0 aliphatic rings. The van der Waals surface area contributed by atoms with E-state index in [0.717, 1.165) is 6.42 Å². The fourth-order valence-electron chi connectivity index (χ4n) is 1.23. The fourth-order valence-corrected chi connectivity index (χ4v) is 1.23. The van der Waals surface area contributed by atoms with Crippen LogP contribution in [0.1, 0.15) is 26.7 Å². The number of rotatable bonds is 8. The molecule has 104 valence electrons. The number of nitrogens with one attached hydrogen (secondary N) is 1. The number of aliphatic hydroxyl groups excluding tert-OH is 1. The van der Waals surface area contributed by atoms with Gasteiger partial charge < -0.3 is 20.9 Å². The highest BCUT2D eigenvalue weighted by molar-refractivity contribution is 5.85. The molecule has 0 rings (SSSR count). The Hall–Kier alpha value is -0.360. The summed E-state index contributed by atoms with van der Waals surface area (Å²) in [6.45, 7) is 4.56. The zero-order chi connectivity index (χ0) is 12.6. The number of ether oxygens (including phenoxy) is 1. The molecule has 0 bridgehead atoms. The van der Waals surface area contributed by atoms with Crippen molar-refractivity contribution in [3.05, 3.63) is 0 Å². The summed E-state index contributed by atoms with van der Waals surface area (Å²) in [6.07, 6.45) is 0.384. The first kappa shape index (κ1) is 19.0. The van der Waals surface area contributed by atoms with Crippen molar-refractivity contribution in [2.75, 3.05) is 20.2 Å². The van der Waals surface area contributed by atoms with E-state index >= 15 is 0 Å². The molecular formula is C11H25ClN2O3. The monoisotopic (exact) mass is 268 g/mol. The lowest BCUT2D eigenvalue weighted by molar-refractivity contribution is -0.124. The summed E-state index contributed by atoms with van der Waals surface area (Å²) < 4.78 is 5.00. The molecule has 0 aromatic carbocycles. The van der Waals surface area contributed by atoms with Crippen molar-refractivity contribution in [2.24, 2.45) is 11.7 Å². The highest BCUT2D eigenvalue weighted by Gasteiger charge is 2.15. The number of carbonyl (C=O) groups excluding carboxylic acids is 1. The average Bonchev–Trinajstić information content (AvgIpc) is 2.31. The van der Waals surface area contributed by atoms with Crippen LogP contribution >= 0.6 is 12.4 Å². The van der Waals surface area contributed by atoms with E-state index in [9.17, 15) is 9.90 Å². The van der Waals surface area contributed by atoms with E-state index in [1.54, 1.807) is 0 Å². The van der Waals surface area contributed by atoms with E-state index in [-0.39, 0.29) is 43.3 Å². The lowest BCUT2D eigenvalue weighted by Gasteiger charge is -2.18. The highest BCUT2D eigenvalue weighted by atomic mass is 35.5. The van der Waals surface area contributed by atoms with E-state index in [2.05, 4.69) is 5.32 Å². The largest absolute Gasteiger partial charge is 0.391 e. The first-order chi connectivity index (χ1) is 7.54. The minimum absolute atomic E-state index is 0. The third-order valence-corrected chi connectivity index (χ3v) is 2.82. The van der Waals surface area contributed by atoms with Crippen molar-refractivity contribution in [2.45, 2.75) is 38.9 Å². The number of nitrogens with two attached hydrogens (primary N) is 1. The molecular weight excluding hydrogens is 244 g/mol. The van der Waals surface area contributed by atoms with Gasteiger partial charge in [0.1, 0.15) is 0 Å². The topological polar surface area (TPSA) is 84.6 Å². The smallest absolute Gasteiger partial charge is 0.222 e. The highest BCUT2D eigenvalue weighted by Crippen LogP contribution is 2.06. The van der Waals surface area contributed by atoms with Crippen LogP contribution in [0.3, 0.4) is 0 Å². The predicted molar refractivity (Wildman–Crippen MR) is 70.2 cm³/mol. The lowest BCUT2D eigenvalue weighted by atomic mass is 10.0. The van der Waals surface area contributed by atoms with Gasteiger partial charge in [-0.15, -0.1) is 12.4 Å². The number of carbonyl (C=O) groups is 1. The number of hydrogen-bond donors (Lipinski definition) is 3. The Morgan fingerprint density at radius 2 is 2.12 bits per heavy atom. The minimum atomic E-state index is -0.493. The summed E-state index contributed by atoms with van der Waals surface area (Å²) in [5.74, 6) is 0.0488. The van der Waals surface area contributed by atoms with Crippen molar-refractivity contribution >= 4 is 18.3 Å². The Bertz CT molecular complexity index is 201. The molecule has 3 atom stereocenters. The summed E-state index contributed by atoms with van der Waals surface area (Å²) in [6, 6.07) is 0. The Labute approximate surface area is 110 Å². The number of hydrogen-bond acceptors (Lipinski definition) is 4. The van der Waals surface area contributed by atoms with Crippen LogP contribution in [0.25, 0.3) is 0 Å². The van der Waals surface area contributed by atoms with E-state index < -0.39 is 6.10 Å². The Kier molecular flexibility index (Phi) is 12.0. The van der Waals surface area contributed by atoms with Gasteiger partial charge in [-0.05, 0) is 5.92 Å². The standard InChI is InChI=1S/C11H24N2O3.ClH/c1-4-8(2)10(14)7-13-11(15)5-9(6-12)16-3;/h8-10,14H,4-7,12H2,1-3H3,(H,13,15);1H. The SMILES string of the molecule is CCC(C)C(O)CNC(=O)CC(CN)OC.Cl. The van der Waals surface area contributed by atoms with Gasteiger partial charge in [-0.25, -0.2) is 0 Å². The van der Waals surface area contributed by atoms with Crippen molar-refractivity contribution in [1.82, 2.24) is 5.32 Å². The van der Waals surface area contributed by atoms with Crippen LogP contribution in [0.2, 0.25) is 0 Å². The molecule has 0 aliphatic heterocycles. The van der Waals surface area contributed by atoms with Gasteiger partial charge in [-0.1, -0.05) is 20.3 Å². The molecule has 0 saturated heterocycles. The van der Waals surface area contributed by atoms with Crippen LogP contribution in [-0.4, -0.2) is 43.4 Å². The van der Waals surface area contributed by atoms with Crippen LogP contribution in [0.4, 0.5) is 0 Å². The average molecular weight is 269 g/mol. The van der Waals surface area contributed by atoms with Gasteiger partial charge in [0, 0.05) is 20.2 Å². The van der Waals surface area contributed by atoms with Gasteiger partial charge in [0.2, 0.25) is 5.91 Å². The zero-order valence-corrected chi connectivity index (χ0v) is 11.6. The second-order valence-corrected chi connectivity index (χ2v) is 4.05. The summed E-state index contributed by atoms with van der Waals surface area (Å²) >= 11 is 0. The third-order valence-electron chi connectivity index (χ3n) is 2.82. The second-order valence-electron chi connectivity index (χ2n) is 4.05. The number of methoxy groups -OCH3 is 1. The maximum Gasteiger partial charge on any atom is 0.222 e. The summed E-state index contributed by atoms with van der Waals surface area (Å²) in [5.41, 5.74) is 5.40. The molecule has 0 heterocycles. The van der Waals surface area contributed by atoms with E-state index in [4.69, 9.17) is 10.5 Å². The summed E-state index contributed by atoms with van der Waals surface area (Å²) in [7, 11) is 1.53. The molecule has 0 aliphatic carbocycles. The van der Waals surface area contributed by atoms with Crippen LogP contribution in [-0.2, 0) is 9.53 Å². The third kappa shape index (κ3) is 8.37. The molecule has 3 unspecified atom stereocenters. The minimum Gasteiger partial charge on any atom is -0.391 e. The molecule has 0 spiro atoms. The van der Waals surface area contributed by atoms with Gasteiger partial charge in [-0.2, -0.15) is 0 Å². The number of aliphatic hydroxyl groups is 1. The van der Waals surface area contributed by atoms with E-state index in [1.807, 2.05) is 13.8 Å². The normalized spacial score (nSPS) is 15.6. The molecule has 4 N–H and O–H groups in total. The molecule has 0 aromatic rings. The van der Waals surface area contributed by atoms with Gasteiger partial charge in [0.05, 0.1) is 18.6 Å². The van der Waals surface area contributed by atoms with Gasteiger partial charge in [0.15, 0.2) is 0 Å². The van der Waals surface area contributed by atoms with Crippen molar-refractivity contribution in [3.63, 3.8) is 0 Å². The molecule has 6 heteroatoms. The van der Waals surface area contributed by atoms with E-state index in [1.165, 1.54) is 7.11 Å². The first-order valence-corrected chi connectivity index (χ1v) is 5.72. The molecule has 5 nitrogen and oxygen atoms in total. The van der Waals surface area contributed by atoms with Gasteiger partial charge in [-0.3, -0.25) is 4.79 Å². The van der Waals surface area contributed by atoms with Crippen LogP contribution in [0.5, 0.6) is 0 Å². The fraction of sp³-hybridized carbons (Fsp3) is 0.909. The summed E-state index contributed by atoms with van der Waals surface area (Å²) in [5, 5.41) is 12.3. The first-order valence-electron chi connectivity index (χ1n) is 5.72. The van der Waals surface area contributed by atoms with E-state index in [0.29, 0.717) is 6.54 Å². The molecule has 0 aromatic heterocycles. The van der Waals surface area contributed by atoms with Crippen molar-refractivity contribution in [3.8, 4) is 0 Å². The lowest BCUT2D eigenvalue weighted by Crippen LogP contribution is -2.38. The van der Waals surface area contributed by atoms with Crippen LogP contribution in [0, 0.1) is 5.92 Å². The number of halogens is 1. The van der Waals surface area contributed by atoms with Crippen LogP contribution in [0.15, 0.2) is 0 Å². The van der Waals surface area contributed by atoms with Crippen molar-refractivity contribution < 1.29 is 14.6 Å². The van der Waals surface area contributed by atoms with Crippen molar-refractivity contribution in [1.29, 1.82) is 0 Å². The molecule has 0 fully saturated rings. The Morgan fingerprint density at radius 1 is 1.53 bits per heavy atom. The van der Waals surface area contributed by atoms with Gasteiger partial charge in [0.25, 0.3) is 0 Å². The quantitative estimate of drug-likeness (QED) is 0.591. The molecule has 0 radical (unpaired) electrons. The predicted octanol–water partition coefficient (Wildman–Crippen LogP) is 0.295. The van der Waals surface area contributed by atoms with Gasteiger partial charge >= 0.3 is 0 Å². The number of amides is 1. The molecule has 17 heavy (non-hydrogen) atoms. The molecule has 1 amide bonds. The maximum atomic E-state index is 11.4. The Balaban J connectivity index is 0.